The number of benzene rings is 2. The molecular weight excluding hydrogens is 562 g/mol. The van der Waals surface area contributed by atoms with E-state index in [-0.39, 0.29) is 29.7 Å². The molecule has 2 aromatic carbocycles. The third-order valence-corrected chi connectivity index (χ3v) is 9.00. The molecule has 2 aromatic rings. The fourth-order valence-electron chi connectivity index (χ4n) is 6.56. The van der Waals surface area contributed by atoms with Gasteiger partial charge in [0.25, 0.3) is 0 Å². The zero-order valence-corrected chi connectivity index (χ0v) is 25.9. The number of allylic oxidation sites excluding steroid dienone is 2. The van der Waals surface area contributed by atoms with Crippen molar-refractivity contribution >= 4 is 0 Å². The highest BCUT2D eigenvalue weighted by molar-refractivity contribution is 5.53. The van der Waals surface area contributed by atoms with Crippen LogP contribution >= 0.6 is 0 Å². The summed E-state index contributed by atoms with van der Waals surface area (Å²) in [6.45, 7) is 3.30. The molecule has 0 saturated carbocycles. The minimum atomic E-state index is -0.529. The predicted octanol–water partition coefficient (Wildman–Crippen LogP) is 4.18. The molecule has 3 aliphatic heterocycles. The number of hydrogen-bond donors (Lipinski definition) is 6. The van der Waals surface area contributed by atoms with Crippen molar-refractivity contribution in [2.45, 2.75) is 82.3 Å². The summed E-state index contributed by atoms with van der Waals surface area (Å²) in [5.41, 5.74) is 9.04. The fraction of sp³-hybridized carbons (Fsp3) is 0.529. The Morgan fingerprint density at radius 2 is 1.82 bits per heavy atom. The van der Waals surface area contributed by atoms with Crippen molar-refractivity contribution < 1.29 is 34.3 Å². The molecule has 7 N–H and O–H groups in total. The number of nitrogens with two attached hydrogens (primary N) is 1. The summed E-state index contributed by atoms with van der Waals surface area (Å²) in [7, 11) is 3.04. The van der Waals surface area contributed by atoms with Crippen molar-refractivity contribution in [3.05, 3.63) is 65.0 Å². The first-order valence-corrected chi connectivity index (χ1v) is 15.6. The van der Waals surface area contributed by atoms with E-state index >= 15 is 0 Å². The van der Waals surface area contributed by atoms with Crippen LogP contribution in [0.15, 0.2) is 53.9 Å². The Morgan fingerprint density at radius 3 is 2.59 bits per heavy atom. The third-order valence-electron chi connectivity index (χ3n) is 9.00. The Hall–Kier alpha value is -3.60. The molecule has 0 unspecified atom stereocenters. The van der Waals surface area contributed by atoms with Crippen LogP contribution in [0.1, 0.15) is 62.7 Å². The molecular formula is C34H47N3O7. The predicted molar refractivity (Wildman–Crippen MR) is 168 cm³/mol. The van der Waals surface area contributed by atoms with Gasteiger partial charge in [0.2, 0.25) is 5.75 Å². The Balaban J connectivity index is 1.27. The number of aliphatic hydroxyl groups is 1. The summed E-state index contributed by atoms with van der Waals surface area (Å²) in [5, 5.41) is 38.5. The van der Waals surface area contributed by atoms with Crippen molar-refractivity contribution in [1.29, 1.82) is 0 Å². The van der Waals surface area contributed by atoms with Crippen LogP contribution in [0.4, 0.5) is 0 Å². The number of methoxy groups -OCH3 is 2. The normalized spacial score (nSPS) is 27.1. The zero-order chi connectivity index (χ0) is 31.2. The average Bonchev–Trinajstić information content (AvgIpc) is 3.01. The topological polar surface area (TPSA) is 148 Å². The van der Waals surface area contributed by atoms with Crippen molar-refractivity contribution in [2.75, 3.05) is 27.4 Å². The van der Waals surface area contributed by atoms with E-state index in [4.69, 9.17) is 24.7 Å². The summed E-state index contributed by atoms with van der Waals surface area (Å²) < 4.78 is 23.6. The van der Waals surface area contributed by atoms with E-state index in [9.17, 15) is 15.3 Å². The molecule has 240 valence electrons. The lowest BCUT2D eigenvalue weighted by atomic mass is 9.83. The molecule has 0 aromatic heterocycles. The van der Waals surface area contributed by atoms with E-state index in [0.717, 1.165) is 36.9 Å². The number of piperidine rings is 1. The van der Waals surface area contributed by atoms with Crippen LogP contribution in [-0.4, -0.2) is 67.0 Å². The van der Waals surface area contributed by atoms with Gasteiger partial charge in [-0.05, 0) is 98.4 Å². The molecule has 0 radical (unpaired) electrons. The molecule has 44 heavy (non-hydrogen) atoms. The van der Waals surface area contributed by atoms with Crippen LogP contribution < -0.4 is 30.6 Å². The minimum Gasteiger partial charge on any atom is -0.504 e. The van der Waals surface area contributed by atoms with Gasteiger partial charge in [-0.15, -0.1) is 0 Å². The summed E-state index contributed by atoms with van der Waals surface area (Å²) >= 11 is 0. The maximum atomic E-state index is 11.0. The van der Waals surface area contributed by atoms with Crippen LogP contribution in [-0.2, 0) is 11.2 Å². The first kappa shape index (κ1) is 31.8. The van der Waals surface area contributed by atoms with Crippen molar-refractivity contribution in [3.63, 3.8) is 0 Å². The number of aliphatic hydroxyl groups excluding tert-OH is 1. The van der Waals surface area contributed by atoms with Gasteiger partial charge in [-0.3, -0.25) is 0 Å². The minimum absolute atomic E-state index is 0.0531. The van der Waals surface area contributed by atoms with Gasteiger partial charge in [-0.25, -0.2) is 0 Å². The molecule has 6 atom stereocenters. The van der Waals surface area contributed by atoms with Crippen molar-refractivity contribution in [2.24, 2.45) is 11.7 Å². The summed E-state index contributed by atoms with van der Waals surface area (Å²) in [6, 6.07) is 9.34. The number of hydrogen-bond acceptors (Lipinski definition) is 10. The van der Waals surface area contributed by atoms with Gasteiger partial charge in [0.15, 0.2) is 23.0 Å². The molecule has 2 fully saturated rings. The lowest BCUT2D eigenvalue weighted by Crippen LogP contribution is -2.49. The quantitative estimate of drug-likeness (QED) is 0.219. The van der Waals surface area contributed by atoms with Crippen molar-refractivity contribution in [1.82, 2.24) is 10.6 Å². The molecule has 10 nitrogen and oxygen atoms in total. The number of phenols is 2. The van der Waals surface area contributed by atoms with Gasteiger partial charge < -0.3 is 50.6 Å². The molecule has 2 saturated heterocycles. The van der Waals surface area contributed by atoms with Gasteiger partial charge in [-0.1, -0.05) is 12.1 Å². The van der Waals surface area contributed by atoms with E-state index in [0.29, 0.717) is 67.3 Å². The summed E-state index contributed by atoms with van der Waals surface area (Å²) in [5.74, 6) is 2.17. The Bertz CT molecular complexity index is 1350. The first-order valence-electron chi connectivity index (χ1n) is 15.6. The second-order valence-electron chi connectivity index (χ2n) is 12.3. The number of aromatic hydroxyl groups is 2. The molecule has 0 amide bonds. The lowest BCUT2D eigenvalue weighted by Gasteiger charge is -2.37. The van der Waals surface area contributed by atoms with E-state index in [1.807, 2.05) is 24.3 Å². The molecule has 3 heterocycles. The molecule has 5 rings (SSSR count). The maximum absolute atomic E-state index is 11.0. The monoisotopic (exact) mass is 609 g/mol. The SMILES string of the molecule is COc1cc(CC[C@H]2C[C@H](O)C[C@@H](c3cc(OC)c(O)c(OC[C@@H]4N[C@H](C)CC[C@@H]4CC4=CCNC(N)=C4)c3)O2)ccc1O. The van der Waals surface area contributed by atoms with E-state index in [2.05, 4.69) is 23.6 Å². The Kier molecular flexibility index (Phi) is 10.5. The largest absolute Gasteiger partial charge is 0.504 e. The highest BCUT2D eigenvalue weighted by atomic mass is 16.5. The second-order valence-corrected chi connectivity index (χ2v) is 12.3. The van der Waals surface area contributed by atoms with Gasteiger partial charge in [0.1, 0.15) is 6.61 Å². The number of nitrogens with one attached hydrogen (secondary N) is 2. The number of ether oxygens (including phenoxy) is 4. The number of phenolic OH excluding ortho intramolecular Hbond substituents is 2. The standard InChI is InChI=1S/C34H47N3O7/c1-20-4-7-23(12-22-10-11-36-33(35)14-22)27(37-20)19-43-32-16-24(15-31(42-3)34(32)40)29-18-25(38)17-26(44-29)8-5-21-6-9-28(39)30(13-21)41-2/h6,9-10,13-16,20,23,25-27,29,36-40H,4-5,7-8,11-12,17-19,35H2,1-3H3/t20-,23-,25+,26+,27+,29+/m1/s1. The third kappa shape index (κ3) is 7.91. The molecule has 0 aliphatic carbocycles. The number of rotatable bonds is 11. The number of aryl methyl sites for hydroxylation is 1. The van der Waals surface area contributed by atoms with Crippen molar-refractivity contribution in [3.8, 4) is 28.7 Å². The lowest BCUT2D eigenvalue weighted by molar-refractivity contribution is -0.0999. The maximum Gasteiger partial charge on any atom is 0.200 e. The Morgan fingerprint density at radius 1 is 1.02 bits per heavy atom. The van der Waals surface area contributed by atoms with Crippen LogP contribution in [0.2, 0.25) is 0 Å². The average molecular weight is 610 g/mol. The fourth-order valence-corrected chi connectivity index (χ4v) is 6.56. The van der Waals surface area contributed by atoms with Crippen LogP contribution in [0.3, 0.4) is 0 Å². The van der Waals surface area contributed by atoms with E-state index in [1.54, 1.807) is 12.1 Å². The molecule has 10 heteroatoms. The smallest absolute Gasteiger partial charge is 0.200 e. The summed E-state index contributed by atoms with van der Waals surface area (Å²) in [4.78, 5) is 0. The van der Waals surface area contributed by atoms with Crippen LogP contribution in [0.5, 0.6) is 28.7 Å². The molecule has 0 bridgehead atoms. The van der Waals surface area contributed by atoms with Gasteiger partial charge in [0, 0.05) is 25.0 Å². The van der Waals surface area contributed by atoms with Gasteiger partial charge in [0.05, 0.1) is 38.4 Å². The van der Waals surface area contributed by atoms with Crippen LogP contribution in [0, 0.1) is 5.92 Å². The van der Waals surface area contributed by atoms with E-state index in [1.165, 1.54) is 19.8 Å². The molecule has 0 spiro atoms. The number of dihydropyridines is 1. The molecule has 3 aliphatic rings. The summed E-state index contributed by atoms with van der Waals surface area (Å²) in [6.07, 6.45) is 8.52. The van der Waals surface area contributed by atoms with Gasteiger partial charge in [-0.2, -0.15) is 0 Å². The first-order chi connectivity index (χ1) is 21.2. The zero-order valence-electron chi connectivity index (χ0n) is 25.9. The van der Waals surface area contributed by atoms with E-state index < -0.39 is 6.10 Å². The second kappa shape index (κ2) is 14.5. The highest BCUT2D eigenvalue weighted by Gasteiger charge is 2.32. The Labute approximate surface area is 259 Å². The highest BCUT2D eigenvalue weighted by Crippen LogP contribution is 2.43. The van der Waals surface area contributed by atoms with Crippen LogP contribution in [0.25, 0.3) is 0 Å². The van der Waals surface area contributed by atoms with Gasteiger partial charge >= 0.3 is 0 Å².